The summed E-state index contributed by atoms with van der Waals surface area (Å²) in [6, 6.07) is 15.7. The number of rotatable bonds is 6. The van der Waals surface area contributed by atoms with Crippen LogP contribution in [0.15, 0.2) is 74.1 Å². The van der Waals surface area contributed by atoms with Crippen LogP contribution in [0.4, 0.5) is 0 Å². The van der Waals surface area contributed by atoms with Gasteiger partial charge in [0.25, 0.3) is 5.56 Å². The molecule has 5 aromatic rings. The molecule has 33 heavy (non-hydrogen) atoms. The van der Waals surface area contributed by atoms with Gasteiger partial charge in [-0.05, 0) is 54.8 Å². The van der Waals surface area contributed by atoms with E-state index in [4.69, 9.17) is 20.9 Å². The van der Waals surface area contributed by atoms with Crippen LogP contribution < -0.4 is 16.0 Å². The van der Waals surface area contributed by atoms with Gasteiger partial charge in [-0.25, -0.2) is 9.36 Å². The van der Waals surface area contributed by atoms with Gasteiger partial charge in [0.1, 0.15) is 17.0 Å². The lowest BCUT2D eigenvalue weighted by Gasteiger charge is -2.11. The summed E-state index contributed by atoms with van der Waals surface area (Å²) in [5.41, 5.74) is 0.691. The fraction of sp³-hybridized carbons (Fsp3) is 0.130. The Labute approximate surface area is 196 Å². The molecule has 3 aromatic heterocycles. The first kappa shape index (κ1) is 21.2. The van der Waals surface area contributed by atoms with Crippen molar-refractivity contribution in [3.05, 3.63) is 91.7 Å². The molecule has 166 valence electrons. The van der Waals surface area contributed by atoms with Crippen molar-refractivity contribution in [2.24, 2.45) is 0 Å². The fourth-order valence-electron chi connectivity index (χ4n) is 3.53. The summed E-state index contributed by atoms with van der Waals surface area (Å²) in [6.07, 6.45) is 0. The van der Waals surface area contributed by atoms with E-state index in [0.717, 1.165) is 4.57 Å². The molecule has 0 unspecified atom stereocenters. The third kappa shape index (κ3) is 3.85. The summed E-state index contributed by atoms with van der Waals surface area (Å²) in [5.74, 6) is 1.20. The quantitative estimate of drug-likeness (QED) is 0.358. The monoisotopic (exact) mass is 480 g/mol. The summed E-state index contributed by atoms with van der Waals surface area (Å²) in [5, 5.41) is 6.26. The Morgan fingerprint density at radius 2 is 1.88 bits per heavy atom. The molecule has 10 heteroatoms. The van der Waals surface area contributed by atoms with Crippen LogP contribution in [-0.4, -0.2) is 25.9 Å². The lowest BCUT2D eigenvalue weighted by molar-refractivity contribution is 0.340. The molecule has 2 aromatic carbocycles. The van der Waals surface area contributed by atoms with Crippen molar-refractivity contribution in [3.63, 3.8) is 0 Å². The molecule has 5 rings (SSSR count). The van der Waals surface area contributed by atoms with Crippen LogP contribution in [0.2, 0.25) is 5.02 Å². The zero-order chi connectivity index (χ0) is 22.9. The van der Waals surface area contributed by atoms with Crippen molar-refractivity contribution >= 4 is 33.2 Å². The number of aromatic nitrogens is 4. The molecule has 0 saturated carbocycles. The highest BCUT2D eigenvalue weighted by atomic mass is 35.5. The summed E-state index contributed by atoms with van der Waals surface area (Å²) in [4.78, 5) is 31.0. The summed E-state index contributed by atoms with van der Waals surface area (Å²) < 4.78 is 13.9. The maximum absolute atomic E-state index is 13.4. The highest BCUT2D eigenvalue weighted by Crippen LogP contribution is 2.25. The van der Waals surface area contributed by atoms with Gasteiger partial charge in [0.15, 0.2) is 0 Å². The Hall–Kier alpha value is -3.69. The Kier molecular flexibility index (Phi) is 5.57. The topological polar surface area (TPSA) is 92.2 Å². The number of thiophene rings is 1. The van der Waals surface area contributed by atoms with Crippen LogP contribution in [0.25, 0.3) is 27.3 Å². The zero-order valence-corrected chi connectivity index (χ0v) is 19.0. The number of halogens is 1. The maximum Gasteiger partial charge on any atom is 0.336 e. The first-order valence-electron chi connectivity index (χ1n) is 10.1. The second-order valence-corrected chi connectivity index (χ2v) is 8.39. The highest BCUT2D eigenvalue weighted by molar-refractivity contribution is 7.17. The molecule has 0 bridgehead atoms. The van der Waals surface area contributed by atoms with Gasteiger partial charge in [0.05, 0.1) is 22.8 Å². The Bertz CT molecular complexity index is 1570. The van der Waals surface area contributed by atoms with Crippen LogP contribution in [0.5, 0.6) is 5.75 Å². The molecule has 0 aliphatic carbocycles. The fourth-order valence-corrected chi connectivity index (χ4v) is 4.58. The molecular formula is C23H17ClN4O4S. The van der Waals surface area contributed by atoms with Crippen molar-refractivity contribution in [3.8, 4) is 22.8 Å². The van der Waals surface area contributed by atoms with E-state index in [1.54, 1.807) is 47.8 Å². The van der Waals surface area contributed by atoms with Crippen molar-refractivity contribution in [2.45, 2.75) is 13.5 Å². The predicted octanol–water partition coefficient (Wildman–Crippen LogP) is 4.36. The Balaban J connectivity index is 1.60. The standard InChI is InChI=1S/C23H17ClN4O4S/c1-2-31-15-9-7-14(8-10-15)28-22(29)20-18(11-12-33-20)27(23(28)30)13-19-25-21(26-32-19)16-5-3-4-6-17(16)24/h3-12H,2,13H2,1H3. The molecule has 3 heterocycles. The average Bonchev–Trinajstić information content (AvgIpc) is 3.48. The van der Waals surface area contributed by atoms with Gasteiger partial charge >= 0.3 is 5.69 Å². The number of fused-ring (bicyclic) bond motifs is 1. The number of hydrogen-bond acceptors (Lipinski definition) is 7. The minimum Gasteiger partial charge on any atom is -0.494 e. The number of hydrogen-bond donors (Lipinski definition) is 0. The van der Waals surface area contributed by atoms with E-state index >= 15 is 0 Å². The smallest absolute Gasteiger partial charge is 0.336 e. The first-order valence-corrected chi connectivity index (χ1v) is 11.4. The molecular weight excluding hydrogens is 464 g/mol. The van der Waals surface area contributed by atoms with Crippen molar-refractivity contribution in [1.82, 2.24) is 19.3 Å². The Morgan fingerprint density at radius 1 is 1.09 bits per heavy atom. The van der Waals surface area contributed by atoms with E-state index in [1.165, 1.54) is 15.9 Å². The van der Waals surface area contributed by atoms with Crippen molar-refractivity contribution in [1.29, 1.82) is 0 Å². The van der Waals surface area contributed by atoms with Gasteiger partial charge < -0.3 is 9.26 Å². The third-order valence-electron chi connectivity index (χ3n) is 5.04. The van der Waals surface area contributed by atoms with Gasteiger partial charge in [-0.1, -0.05) is 28.9 Å². The van der Waals surface area contributed by atoms with E-state index in [9.17, 15) is 9.59 Å². The van der Waals surface area contributed by atoms with Crippen LogP contribution in [0.3, 0.4) is 0 Å². The van der Waals surface area contributed by atoms with Gasteiger partial charge in [0, 0.05) is 5.56 Å². The summed E-state index contributed by atoms with van der Waals surface area (Å²) in [6.45, 7) is 2.41. The van der Waals surface area contributed by atoms with Gasteiger partial charge in [-0.2, -0.15) is 4.98 Å². The summed E-state index contributed by atoms with van der Waals surface area (Å²) in [7, 11) is 0. The molecule has 8 nitrogen and oxygen atoms in total. The molecule has 0 aliphatic heterocycles. The normalized spacial score (nSPS) is 11.2. The number of nitrogens with zero attached hydrogens (tertiary/aromatic N) is 4. The molecule has 0 amide bonds. The van der Waals surface area contributed by atoms with E-state index < -0.39 is 5.69 Å². The predicted molar refractivity (Wildman–Crippen MR) is 127 cm³/mol. The highest BCUT2D eigenvalue weighted by Gasteiger charge is 2.19. The molecule has 0 fully saturated rings. The second kappa shape index (κ2) is 8.68. The number of ether oxygens (including phenoxy) is 1. The lowest BCUT2D eigenvalue weighted by Crippen LogP contribution is -2.38. The maximum atomic E-state index is 13.4. The second-order valence-electron chi connectivity index (χ2n) is 7.06. The minimum atomic E-state index is -0.507. The molecule has 0 spiro atoms. The molecule has 0 aliphatic rings. The van der Waals surface area contributed by atoms with Crippen molar-refractivity contribution in [2.75, 3.05) is 6.61 Å². The van der Waals surface area contributed by atoms with Crippen LogP contribution in [-0.2, 0) is 6.54 Å². The third-order valence-corrected chi connectivity index (χ3v) is 6.26. The molecule has 0 atom stereocenters. The van der Waals surface area contributed by atoms with Crippen LogP contribution >= 0.6 is 22.9 Å². The lowest BCUT2D eigenvalue weighted by atomic mass is 10.2. The molecule has 0 saturated heterocycles. The van der Waals surface area contributed by atoms with Crippen molar-refractivity contribution < 1.29 is 9.26 Å². The largest absolute Gasteiger partial charge is 0.494 e. The number of benzene rings is 2. The van der Waals surface area contributed by atoms with E-state index in [2.05, 4.69) is 10.1 Å². The van der Waals surface area contributed by atoms with Crippen LogP contribution in [0, 0.1) is 0 Å². The molecule has 0 N–H and O–H groups in total. The van der Waals surface area contributed by atoms with Crippen LogP contribution in [0.1, 0.15) is 12.8 Å². The van der Waals surface area contributed by atoms with Gasteiger partial charge in [-0.15, -0.1) is 11.3 Å². The van der Waals surface area contributed by atoms with E-state index in [0.29, 0.717) is 44.7 Å². The van der Waals surface area contributed by atoms with Gasteiger partial charge in [-0.3, -0.25) is 9.36 Å². The SMILES string of the molecule is CCOc1ccc(-n2c(=O)c3sccc3n(Cc3nc(-c4ccccc4Cl)no3)c2=O)cc1. The summed E-state index contributed by atoms with van der Waals surface area (Å²) >= 11 is 7.50. The van der Waals surface area contributed by atoms with Gasteiger partial charge in [0.2, 0.25) is 11.7 Å². The minimum absolute atomic E-state index is 0.000822. The zero-order valence-electron chi connectivity index (χ0n) is 17.4. The Morgan fingerprint density at radius 3 is 2.64 bits per heavy atom. The van der Waals surface area contributed by atoms with E-state index in [1.807, 2.05) is 19.1 Å². The average molecular weight is 481 g/mol. The first-order chi connectivity index (χ1) is 16.1. The molecule has 0 radical (unpaired) electrons. The van der Waals surface area contributed by atoms with E-state index in [-0.39, 0.29) is 18.0 Å².